The molecule has 1 fully saturated rings. The molecule has 1 aromatic carbocycles. The summed E-state index contributed by atoms with van der Waals surface area (Å²) < 4.78 is 5.05. The summed E-state index contributed by atoms with van der Waals surface area (Å²) in [4.78, 5) is 13.7. The van der Waals surface area contributed by atoms with Crippen LogP contribution in [-0.4, -0.2) is 47.3 Å². The summed E-state index contributed by atoms with van der Waals surface area (Å²) in [5, 5.41) is 20.3. The van der Waals surface area contributed by atoms with Crippen molar-refractivity contribution in [2.24, 2.45) is 5.73 Å². The van der Waals surface area contributed by atoms with E-state index < -0.39 is 5.91 Å². The molecular weight excluding hydrogens is 308 g/mol. The fourth-order valence-corrected chi connectivity index (χ4v) is 3.08. The molecule has 1 amide bonds. The molecule has 0 radical (unpaired) electrons. The Hall–Kier alpha value is -1.66. The number of nitrogens with two attached hydrogens (primary N) is 1. The average molecular weight is 331 g/mol. The summed E-state index contributed by atoms with van der Waals surface area (Å²) in [6, 6.07) is 1.73. The molecule has 2 rings (SSSR count). The number of benzene rings is 1. The van der Waals surface area contributed by atoms with Gasteiger partial charge in [-0.2, -0.15) is 0 Å². The SMILES string of the molecule is CCN1CCC[C@H]1Cc1cc(O)c(C(N)=O)c(OC)c1O.Cl. The Kier molecular flexibility index (Phi) is 6.32. The Morgan fingerprint density at radius 1 is 1.50 bits per heavy atom. The van der Waals surface area contributed by atoms with Gasteiger partial charge in [0.25, 0.3) is 5.91 Å². The number of likely N-dealkylation sites (N-methyl/N-ethyl adjacent to an activating group) is 1. The molecule has 0 spiro atoms. The zero-order valence-corrected chi connectivity index (χ0v) is 13.7. The third-order valence-corrected chi connectivity index (χ3v) is 4.12. The van der Waals surface area contributed by atoms with Crippen LogP contribution in [0.1, 0.15) is 35.7 Å². The van der Waals surface area contributed by atoms with Crippen molar-refractivity contribution in [2.75, 3.05) is 20.2 Å². The number of likely N-dealkylation sites (tertiary alicyclic amines) is 1. The normalized spacial score (nSPS) is 18.0. The number of hydrogen-bond donors (Lipinski definition) is 3. The van der Waals surface area contributed by atoms with Crippen LogP contribution in [0.25, 0.3) is 0 Å². The predicted molar refractivity (Wildman–Crippen MR) is 86.1 cm³/mol. The summed E-state index contributed by atoms with van der Waals surface area (Å²) in [5.74, 6) is -1.26. The molecule has 1 aliphatic heterocycles. The average Bonchev–Trinajstić information content (AvgIpc) is 2.88. The van der Waals surface area contributed by atoms with Gasteiger partial charge in [-0.3, -0.25) is 4.79 Å². The molecule has 1 aromatic rings. The van der Waals surface area contributed by atoms with Gasteiger partial charge in [0.2, 0.25) is 0 Å². The first-order valence-corrected chi connectivity index (χ1v) is 7.15. The maximum atomic E-state index is 11.4. The van der Waals surface area contributed by atoms with E-state index in [0.29, 0.717) is 18.0 Å². The minimum absolute atomic E-state index is 0. The first-order valence-electron chi connectivity index (χ1n) is 7.15. The monoisotopic (exact) mass is 330 g/mol. The smallest absolute Gasteiger partial charge is 0.256 e. The summed E-state index contributed by atoms with van der Waals surface area (Å²) in [6.45, 7) is 4.10. The maximum absolute atomic E-state index is 11.4. The Balaban J connectivity index is 0.00000242. The number of halogens is 1. The highest BCUT2D eigenvalue weighted by Crippen LogP contribution is 2.40. The molecule has 0 aliphatic carbocycles. The number of ether oxygens (including phenoxy) is 1. The van der Waals surface area contributed by atoms with E-state index in [1.807, 2.05) is 0 Å². The third-order valence-electron chi connectivity index (χ3n) is 4.12. The Labute approximate surface area is 136 Å². The van der Waals surface area contributed by atoms with Crippen molar-refractivity contribution in [2.45, 2.75) is 32.2 Å². The summed E-state index contributed by atoms with van der Waals surface area (Å²) in [6.07, 6.45) is 2.78. The number of nitrogens with zero attached hydrogens (tertiary/aromatic N) is 1. The van der Waals surface area contributed by atoms with Crippen LogP contribution >= 0.6 is 12.4 Å². The van der Waals surface area contributed by atoms with Gasteiger partial charge in [0, 0.05) is 11.6 Å². The summed E-state index contributed by atoms with van der Waals surface area (Å²) >= 11 is 0. The van der Waals surface area contributed by atoms with Crippen molar-refractivity contribution < 1.29 is 19.7 Å². The molecule has 0 aromatic heterocycles. The van der Waals surface area contributed by atoms with Gasteiger partial charge in [0.15, 0.2) is 11.5 Å². The first-order chi connectivity index (χ1) is 9.99. The van der Waals surface area contributed by atoms with Crippen LogP contribution in [0.5, 0.6) is 17.2 Å². The van der Waals surface area contributed by atoms with E-state index in [1.54, 1.807) is 0 Å². The van der Waals surface area contributed by atoms with Gasteiger partial charge < -0.3 is 25.6 Å². The van der Waals surface area contributed by atoms with Gasteiger partial charge in [0.05, 0.1) is 7.11 Å². The van der Waals surface area contributed by atoms with Crippen LogP contribution < -0.4 is 10.5 Å². The molecule has 1 saturated heterocycles. The van der Waals surface area contributed by atoms with Gasteiger partial charge in [0.1, 0.15) is 11.3 Å². The summed E-state index contributed by atoms with van der Waals surface area (Å²) in [7, 11) is 1.33. The van der Waals surface area contributed by atoms with Gasteiger partial charge in [-0.15, -0.1) is 12.4 Å². The maximum Gasteiger partial charge on any atom is 0.256 e. The zero-order valence-electron chi connectivity index (χ0n) is 12.8. The number of carbonyl (C=O) groups is 1. The highest BCUT2D eigenvalue weighted by atomic mass is 35.5. The molecule has 4 N–H and O–H groups in total. The quantitative estimate of drug-likeness (QED) is 0.713. The largest absolute Gasteiger partial charge is 0.507 e. The number of amides is 1. The number of phenolic OH excluding ortho intramolecular Hbond substituents is 1. The number of methoxy groups -OCH3 is 1. The number of primary amides is 1. The minimum Gasteiger partial charge on any atom is -0.507 e. The number of rotatable bonds is 5. The van der Waals surface area contributed by atoms with Crippen molar-refractivity contribution in [3.05, 3.63) is 17.2 Å². The van der Waals surface area contributed by atoms with Gasteiger partial charge in [-0.1, -0.05) is 6.92 Å². The number of phenols is 2. The lowest BCUT2D eigenvalue weighted by atomic mass is 9.99. The van der Waals surface area contributed by atoms with Crippen LogP contribution in [0.15, 0.2) is 6.07 Å². The topological polar surface area (TPSA) is 96.0 Å². The van der Waals surface area contributed by atoms with Crippen molar-refractivity contribution in [3.63, 3.8) is 0 Å². The van der Waals surface area contributed by atoms with Crippen LogP contribution in [0.2, 0.25) is 0 Å². The fourth-order valence-electron chi connectivity index (χ4n) is 3.08. The third kappa shape index (κ3) is 3.39. The molecule has 1 heterocycles. The lowest BCUT2D eigenvalue weighted by Crippen LogP contribution is -2.30. The van der Waals surface area contributed by atoms with Gasteiger partial charge in [-0.05, 0) is 38.4 Å². The van der Waals surface area contributed by atoms with Crippen LogP contribution in [0.3, 0.4) is 0 Å². The van der Waals surface area contributed by atoms with E-state index in [2.05, 4.69) is 11.8 Å². The van der Waals surface area contributed by atoms with E-state index in [1.165, 1.54) is 13.2 Å². The van der Waals surface area contributed by atoms with E-state index in [9.17, 15) is 15.0 Å². The molecule has 22 heavy (non-hydrogen) atoms. The highest BCUT2D eigenvalue weighted by molar-refractivity contribution is 5.99. The minimum atomic E-state index is -0.831. The Bertz CT molecular complexity index is 551. The molecule has 124 valence electrons. The van der Waals surface area contributed by atoms with Crippen LogP contribution in [0, 0.1) is 0 Å². The standard InChI is InChI=1S/C15H22N2O4.ClH/c1-3-17-6-4-5-10(17)7-9-8-11(18)12(15(16)20)14(21-2)13(9)19;/h8,10,18-19H,3-7H2,1-2H3,(H2,16,20);1H/t10-;/m0./s1. The van der Waals surface area contributed by atoms with Crippen molar-refractivity contribution >= 4 is 18.3 Å². The molecule has 1 aliphatic rings. The van der Waals surface area contributed by atoms with Crippen molar-refractivity contribution in [1.82, 2.24) is 4.90 Å². The van der Waals surface area contributed by atoms with E-state index in [-0.39, 0.29) is 35.2 Å². The zero-order chi connectivity index (χ0) is 15.6. The van der Waals surface area contributed by atoms with Crippen molar-refractivity contribution in [1.29, 1.82) is 0 Å². The second kappa shape index (κ2) is 7.56. The second-order valence-electron chi connectivity index (χ2n) is 5.30. The molecule has 0 unspecified atom stereocenters. The van der Waals surface area contributed by atoms with Crippen LogP contribution in [-0.2, 0) is 6.42 Å². The number of carbonyl (C=O) groups excluding carboxylic acids is 1. The van der Waals surface area contributed by atoms with Crippen LogP contribution in [0.4, 0.5) is 0 Å². The van der Waals surface area contributed by atoms with E-state index in [0.717, 1.165) is 25.9 Å². The predicted octanol–water partition coefficient (Wildman–Crippen LogP) is 1.65. The lowest BCUT2D eigenvalue weighted by molar-refractivity contribution is 0.0994. The first kappa shape index (κ1) is 18.4. The molecule has 1 atom stereocenters. The lowest BCUT2D eigenvalue weighted by Gasteiger charge is -2.23. The number of hydrogen-bond acceptors (Lipinski definition) is 5. The van der Waals surface area contributed by atoms with E-state index >= 15 is 0 Å². The van der Waals surface area contributed by atoms with Gasteiger partial charge >= 0.3 is 0 Å². The molecule has 0 saturated carbocycles. The summed E-state index contributed by atoms with van der Waals surface area (Å²) in [5.41, 5.74) is 5.61. The van der Waals surface area contributed by atoms with Crippen molar-refractivity contribution in [3.8, 4) is 17.2 Å². The number of aromatic hydroxyl groups is 2. The molecule has 7 heteroatoms. The molecular formula is C15H23ClN2O4. The highest BCUT2D eigenvalue weighted by Gasteiger charge is 2.27. The van der Waals surface area contributed by atoms with E-state index in [4.69, 9.17) is 10.5 Å². The Morgan fingerprint density at radius 3 is 2.73 bits per heavy atom. The molecule has 6 nitrogen and oxygen atoms in total. The van der Waals surface area contributed by atoms with Gasteiger partial charge in [-0.25, -0.2) is 0 Å². The molecule has 0 bridgehead atoms. The second-order valence-corrected chi connectivity index (χ2v) is 5.30. The fraction of sp³-hybridized carbons (Fsp3) is 0.533. The Morgan fingerprint density at radius 2 is 2.18 bits per heavy atom.